The van der Waals surface area contributed by atoms with Gasteiger partial charge in [0.2, 0.25) is 25.0 Å². The molecule has 0 saturated carbocycles. The molecular weight excluding hydrogens is 454 g/mol. The Labute approximate surface area is 204 Å². The summed E-state index contributed by atoms with van der Waals surface area (Å²) in [6.07, 6.45) is 3.12. The van der Waals surface area contributed by atoms with Crippen molar-refractivity contribution in [3.05, 3.63) is 47.7 Å². The smallest absolute Gasteiger partial charge is 0.231 e. The van der Waals surface area contributed by atoms with Crippen LogP contribution >= 0.6 is 0 Å². The molecule has 0 saturated heterocycles. The van der Waals surface area contributed by atoms with E-state index in [1.165, 1.54) is 5.56 Å². The van der Waals surface area contributed by atoms with E-state index in [2.05, 4.69) is 43.2 Å². The van der Waals surface area contributed by atoms with Crippen LogP contribution in [0.3, 0.4) is 0 Å². The Bertz CT molecular complexity index is 1360. The van der Waals surface area contributed by atoms with Crippen molar-refractivity contribution in [1.29, 1.82) is 0 Å². The third-order valence-corrected chi connectivity index (χ3v) is 6.91. The van der Waals surface area contributed by atoms with Crippen LogP contribution in [0.1, 0.15) is 43.0 Å². The van der Waals surface area contributed by atoms with Gasteiger partial charge >= 0.3 is 0 Å². The number of rotatable bonds is 5. The van der Waals surface area contributed by atoms with Gasteiger partial charge in [-0.3, -0.25) is 4.79 Å². The van der Waals surface area contributed by atoms with Crippen LogP contribution < -0.4 is 35.9 Å². The Kier molecular flexibility index (Phi) is 5.64. The van der Waals surface area contributed by atoms with E-state index >= 15 is 0 Å². The van der Waals surface area contributed by atoms with Crippen LogP contribution in [0.5, 0.6) is 23.0 Å². The van der Waals surface area contributed by atoms with Gasteiger partial charge in [-0.2, -0.15) is 4.57 Å². The zero-order chi connectivity index (χ0) is 22.7. The molecule has 0 atom stereocenters. The summed E-state index contributed by atoms with van der Waals surface area (Å²) in [6, 6.07) is 8.17. The lowest BCUT2D eigenvalue weighted by atomic mass is 9.88. The van der Waals surface area contributed by atoms with E-state index in [1.807, 2.05) is 6.07 Å². The molecule has 0 unspecified atom stereocenters. The first kappa shape index (κ1) is 22.5. The predicted molar refractivity (Wildman–Crippen MR) is 124 cm³/mol. The molecule has 3 aliphatic heterocycles. The van der Waals surface area contributed by atoms with Gasteiger partial charge in [0.1, 0.15) is 5.39 Å². The zero-order valence-electron chi connectivity index (χ0n) is 19.3. The van der Waals surface area contributed by atoms with Crippen molar-refractivity contribution in [2.75, 3.05) is 13.6 Å². The van der Waals surface area contributed by atoms with Crippen molar-refractivity contribution >= 4 is 22.1 Å². The molecule has 0 N–H and O–H groups in total. The van der Waals surface area contributed by atoms with Gasteiger partial charge in [-0.05, 0) is 43.2 Å². The van der Waals surface area contributed by atoms with Crippen molar-refractivity contribution in [3.63, 3.8) is 0 Å². The molecule has 6 nitrogen and oxygen atoms in total. The number of fused-ring (bicyclic) bond motifs is 7. The SMILES string of the molecule is C=C(C(=O)CCCC)c1c2c3c(ccc2c(C)c2[n+]1CCc1cc4c(cc1-2)OCO4)OCO3.[Cl-]. The average molecular weight is 480 g/mol. The van der Waals surface area contributed by atoms with E-state index in [-0.39, 0.29) is 31.8 Å². The number of carbonyl (C=O) groups is 1. The van der Waals surface area contributed by atoms with Crippen LogP contribution in [0.4, 0.5) is 0 Å². The molecule has 1 aromatic heterocycles. The van der Waals surface area contributed by atoms with Crippen molar-refractivity contribution in [1.82, 2.24) is 0 Å². The minimum atomic E-state index is 0. The number of ketones is 1. The van der Waals surface area contributed by atoms with Gasteiger partial charge < -0.3 is 31.4 Å². The van der Waals surface area contributed by atoms with E-state index in [4.69, 9.17) is 18.9 Å². The summed E-state index contributed by atoms with van der Waals surface area (Å²) in [7, 11) is 0. The number of aryl methyl sites for hydroxylation is 2. The Morgan fingerprint density at radius 1 is 1.06 bits per heavy atom. The average Bonchev–Trinajstić information content (AvgIpc) is 3.49. The zero-order valence-corrected chi connectivity index (χ0v) is 20.1. The number of halogens is 1. The number of Topliss-reactive ketones (excluding diaryl/α,β-unsaturated/α-hetero) is 1. The van der Waals surface area contributed by atoms with Gasteiger partial charge in [0, 0.05) is 23.8 Å². The van der Waals surface area contributed by atoms with Gasteiger partial charge in [0.05, 0.1) is 11.1 Å². The molecular formula is C27H26ClNO5. The lowest BCUT2D eigenvalue weighted by molar-refractivity contribution is -0.688. The van der Waals surface area contributed by atoms with E-state index in [0.29, 0.717) is 23.5 Å². The van der Waals surface area contributed by atoms with Crippen LogP contribution in [-0.2, 0) is 17.8 Å². The van der Waals surface area contributed by atoms with E-state index in [1.54, 1.807) is 0 Å². The number of allylic oxidation sites excluding steroid dienone is 1. The summed E-state index contributed by atoms with van der Waals surface area (Å²) in [4.78, 5) is 13.2. The summed E-state index contributed by atoms with van der Waals surface area (Å²) in [5.74, 6) is 3.03. The maximum absolute atomic E-state index is 13.2. The Balaban J connectivity index is 0.00000241. The van der Waals surface area contributed by atoms with Gasteiger partial charge in [0.25, 0.3) is 0 Å². The highest BCUT2D eigenvalue weighted by Gasteiger charge is 2.37. The number of hydrogen-bond donors (Lipinski definition) is 0. The molecule has 0 amide bonds. The molecule has 3 aliphatic rings. The van der Waals surface area contributed by atoms with E-state index in [0.717, 1.165) is 70.6 Å². The van der Waals surface area contributed by atoms with E-state index < -0.39 is 0 Å². The molecule has 7 heteroatoms. The minimum absolute atomic E-state index is 0. The second-order valence-corrected chi connectivity index (χ2v) is 8.81. The quantitative estimate of drug-likeness (QED) is 0.413. The first-order valence-electron chi connectivity index (χ1n) is 11.5. The number of benzene rings is 2. The van der Waals surface area contributed by atoms with Crippen LogP contribution in [0.25, 0.3) is 27.6 Å². The molecule has 34 heavy (non-hydrogen) atoms. The second kappa shape index (κ2) is 8.51. The molecule has 0 aliphatic carbocycles. The minimum Gasteiger partial charge on any atom is -1.00 e. The first-order valence-corrected chi connectivity index (χ1v) is 11.5. The third kappa shape index (κ3) is 3.23. The largest absolute Gasteiger partial charge is 1.00 e. The summed E-state index contributed by atoms with van der Waals surface area (Å²) in [5, 5.41) is 1.95. The van der Waals surface area contributed by atoms with Gasteiger partial charge in [-0.15, -0.1) is 0 Å². The van der Waals surface area contributed by atoms with Crippen LogP contribution in [0.2, 0.25) is 0 Å². The second-order valence-electron chi connectivity index (χ2n) is 8.81. The molecule has 0 bridgehead atoms. The fourth-order valence-electron chi connectivity index (χ4n) is 5.25. The lowest BCUT2D eigenvalue weighted by Gasteiger charge is -2.22. The summed E-state index contributed by atoms with van der Waals surface area (Å²) in [5.41, 5.74) is 5.90. The van der Waals surface area contributed by atoms with Gasteiger partial charge in [-0.25, -0.2) is 0 Å². The number of ether oxygens (including phenoxy) is 4. The molecule has 6 rings (SSSR count). The molecule has 3 aromatic rings. The molecule has 4 heterocycles. The normalized spacial score (nSPS) is 14.4. The van der Waals surface area contributed by atoms with Crippen molar-refractivity contribution in [3.8, 4) is 34.3 Å². The third-order valence-electron chi connectivity index (χ3n) is 6.91. The number of carbonyl (C=O) groups excluding carboxylic acids is 1. The fraction of sp³-hybridized carbons (Fsp3) is 0.333. The summed E-state index contributed by atoms with van der Waals surface area (Å²) in [6.45, 7) is 9.67. The molecule has 0 radical (unpaired) electrons. The van der Waals surface area contributed by atoms with Crippen LogP contribution in [0.15, 0.2) is 30.8 Å². The number of aromatic nitrogens is 1. The maximum Gasteiger partial charge on any atom is 0.231 e. The molecule has 176 valence electrons. The van der Waals surface area contributed by atoms with Crippen molar-refractivity contribution in [2.24, 2.45) is 0 Å². The Morgan fingerprint density at radius 3 is 2.59 bits per heavy atom. The predicted octanol–water partition coefficient (Wildman–Crippen LogP) is 1.89. The molecule has 0 fully saturated rings. The number of hydrogen-bond acceptors (Lipinski definition) is 5. The topological polar surface area (TPSA) is 57.9 Å². The standard InChI is InChI=1S/C27H26NO5.ClH/c1-4-5-6-20(29)16(3)26-24-18(7-8-21-27(24)33-14-30-21)15(2)25-19-12-23-22(31-13-32-23)11-17(19)9-10-28(25)26;/h7-8,11-12H,3-6,9-10,13-14H2,1-2H3;1H/q+1;/p-1. The summed E-state index contributed by atoms with van der Waals surface area (Å²) < 4.78 is 25.1. The highest BCUT2D eigenvalue weighted by Crippen LogP contribution is 2.46. The van der Waals surface area contributed by atoms with Crippen molar-refractivity contribution < 1.29 is 40.7 Å². The highest BCUT2D eigenvalue weighted by molar-refractivity contribution is 6.22. The monoisotopic (exact) mass is 479 g/mol. The van der Waals surface area contributed by atoms with Crippen molar-refractivity contribution in [2.45, 2.75) is 46.1 Å². The van der Waals surface area contributed by atoms with Crippen LogP contribution in [0, 0.1) is 6.92 Å². The maximum atomic E-state index is 13.2. The molecule has 0 spiro atoms. The van der Waals surface area contributed by atoms with Gasteiger partial charge in [-0.1, -0.05) is 19.9 Å². The molecule has 2 aromatic carbocycles. The van der Waals surface area contributed by atoms with Gasteiger partial charge in [0.15, 0.2) is 35.3 Å². The number of pyridine rings is 1. The number of unbranched alkanes of at least 4 members (excludes halogenated alkanes) is 1. The fourth-order valence-corrected chi connectivity index (χ4v) is 5.25. The Hall–Kier alpha value is -3.25. The lowest BCUT2D eigenvalue weighted by Crippen LogP contribution is -3.00. The first-order chi connectivity index (χ1) is 16.1. The Morgan fingerprint density at radius 2 is 1.79 bits per heavy atom. The van der Waals surface area contributed by atoms with Crippen LogP contribution in [-0.4, -0.2) is 19.4 Å². The summed E-state index contributed by atoms with van der Waals surface area (Å²) >= 11 is 0. The van der Waals surface area contributed by atoms with E-state index in [9.17, 15) is 4.79 Å². The highest BCUT2D eigenvalue weighted by atomic mass is 35.5. The number of nitrogens with zero attached hydrogens (tertiary/aromatic N) is 1.